The molecule has 0 bridgehead atoms. The van der Waals surface area contributed by atoms with Gasteiger partial charge in [-0.15, -0.1) is 0 Å². The first-order valence-electron chi connectivity index (χ1n) is 11.5. The van der Waals surface area contributed by atoms with Gasteiger partial charge < -0.3 is 5.32 Å². The molecule has 1 N–H and O–H groups in total. The van der Waals surface area contributed by atoms with Gasteiger partial charge in [0.1, 0.15) is 11.5 Å². The lowest BCUT2D eigenvalue weighted by atomic mass is 10.0. The number of carbonyl (C=O) groups excluding carboxylic acids is 1. The molecule has 2 heterocycles. The molecule has 0 radical (unpaired) electrons. The first-order chi connectivity index (χ1) is 16.2. The highest BCUT2D eigenvalue weighted by molar-refractivity contribution is 5.92. The summed E-state index contributed by atoms with van der Waals surface area (Å²) < 4.78 is 17.1. The van der Waals surface area contributed by atoms with Crippen molar-refractivity contribution in [1.29, 1.82) is 0 Å². The Morgan fingerprint density at radius 2 is 1.76 bits per heavy atom. The van der Waals surface area contributed by atoms with Crippen molar-refractivity contribution in [1.82, 2.24) is 14.3 Å². The Hall–Kier alpha value is -3.74. The Labute approximate surface area is 198 Å². The fraction of sp³-hybridized carbons (Fsp3) is 0.296. The molecular weight excluding hydrogens is 431 g/mol. The minimum Gasteiger partial charge on any atom is -0.326 e. The zero-order valence-electron chi connectivity index (χ0n) is 20.2. The highest BCUT2D eigenvalue weighted by Gasteiger charge is 2.21. The summed E-state index contributed by atoms with van der Waals surface area (Å²) in [4.78, 5) is 26.1. The average Bonchev–Trinajstić information content (AvgIpc) is 3.14. The standard InChI is InChI=1S/C27H29FN4O2/c1-6-31-26-25(19(5)30-32(26)21-11-7-16(2)8-12-21)18(4)22(27(31)34)13-14-24(33)29-23-15-20(28)10-9-17(23)3/h7-12,15H,6,13-14H2,1-5H3,(H,29,33). The van der Waals surface area contributed by atoms with Gasteiger partial charge in [-0.1, -0.05) is 23.8 Å². The van der Waals surface area contributed by atoms with Gasteiger partial charge in [0.2, 0.25) is 5.91 Å². The highest BCUT2D eigenvalue weighted by Crippen LogP contribution is 2.26. The van der Waals surface area contributed by atoms with Crippen molar-refractivity contribution in [2.75, 3.05) is 5.32 Å². The number of anilines is 1. The molecule has 7 heteroatoms. The van der Waals surface area contributed by atoms with Crippen molar-refractivity contribution >= 4 is 22.6 Å². The molecule has 0 saturated carbocycles. The Bertz CT molecular complexity index is 1450. The molecule has 0 spiro atoms. The number of aromatic nitrogens is 3. The summed E-state index contributed by atoms with van der Waals surface area (Å²) in [7, 11) is 0. The predicted molar refractivity (Wildman–Crippen MR) is 133 cm³/mol. The Morgan fingerprint density at radius 3 is 2.44 bits per heavy atom. The molecule has 6 nitrogen and oxygen atoms in total. The van der Waals surface area contributed by atoms with Gasteiger partial charge in [0.05, 0.1) is 11.4 Å². The molecule has 2 aromatic heterocycles. The molecule has 0 aliphatic heterocycles. The molecule has 4 rings (SSSR count). The molecule has 0 aliphatic rings. The normalized spacial score (nSPS) is 11.2. The zero-order valence-corrected chi connectivity index (χ0v) is 20.2. The second-order valence-corrected chi connectivity index (χ2v) is 8.69. The van der Waals surface area contributed by atoms with E-state index in [0.29, 0.717) is 17.8 Å². The van der Waals surface area contributed by atoms with Crippen LogP contribution in [0.5, 0.6) is 0 Å². The fourth-order valence-corrected chi connectivity index (χ4v) is 4.41. The number of hydrogen-bond donors (Lipinski definition) is 1. The summed E-state index contributed by atoms with van der Waals surface area (Å²) in [5.74, 6) is -0.670. The van der Waals surface area contributed by atoms with Crippen molar-refractivity contribution in [3.63, 3.8) is 0 Å². The number of nitrogens with one attached hydrogen (secondary N) is 1. The quantitative estimate of drug-likeness (QED) is 0.433. The number of fused-ring (bicyclic) bond motifs is 1. The summed E-state index contributed by atoms with van der Waals surface area (Å²) in [6.45, 7) is 10.1. The number of rotatable bonds is 6. The number of nitrogens with zero attached hydrogens (tertiary/aromatic N) is 3. The lowest BCUT2D eigenvalue weighted by molar-refractivity contribution is -0.116. The average molecular weight is 461 g/mol. The van der Waals surface area contributed by atoms with Crippen LogP contribution < -0.4 is 10.9 Å². The smallest absolute Gasteiger partial charge is 0.255 e. The molecule has 0 atom stereocenters. The summed E-state index contributed by atoms with van der Waals surface area (Å²) >= 11 is 0. The third-order valence-corrected chi connectivity index (χ3v) is 6.29. The number of benzene rings is 2. The van der Waals surface area contributed by atoms with Crippen molar-refractivity contribution in [3.8, 4) is 5.69 Å². The lowest BCUT2D eigenvalue weighted by Gasteiger charge is -2.15. The van der Waals surface area contributed by atoms with E-state index in [4.69, 9.17) is 5.10 Å². The first kappa shape index (κ1) is 23.4. The van der Waals surface area contributed by atoms with E-state index in [1.807, 2.05) is 63.6 Å². The Morgan fingerprint density at radius 1 is 1.06 bits per heavy atom. The molecular formula is C27H29FN4O2. The van der Waals surface area contributed by atoms with Crippen LogP contribution >= 0.6 is 0 Å². The molecule has 0 aliphatic carbocycles. The minimum absolute atomic E-state index is 0.115. The van der Waals surface area contributed by atoms with E-state index in [1.54, 1.807) is 10.6 Å². The van der Waals surface area contributed by atoms with Crippen LogP contribution in [0.15, 0.2) is 47.3 Å². The molecule has 0 unspecified atom stereocenters. The van der Waals surface area contributed by atoms with Gasteiger partial charge in [-0.05, 0) is 76.4 Å². The van der Waals surface area contributed by atoms with Gasteiger partial charge in [0.15, 0.2) is 0 Å². The second-order valence-electron chi connectivity index (χ2n) is 8.69. The van der Waals surface area contributed by atoms with Crippen molar-refractivity contribution < 1.29 is 9.18 Å². The van der Waals surface area contributed by atoms with Crippen LogP contribution in [-0.2, 0) is 17.8 Å². The first-order valence-corrected chi connectivity index (χ1v) is 11.5. The monoisotopic (exact) mass is 460 g/mol. The largest absolute Gasteiger partial charge is 0.326 e. The number of hydrogen-bond acceptors (Lipinski definition) is 3. The Balaban J connectivity index is 1.71. The molecule has 4 aromatic rings. The van der Waals surface area contributed by atoms with Crippen LogP contribution in [0.1, 0.15) is 41.3 Å². The van der Waals surface area contributed by atoms with Crippen LogP contribution in [0.4, 0.5) is 10.1 Å². The second kappa shape index (κ2) is 9.25. The number of pyridine rings is 1. The van der Waals surface area contributed by atoms with Crippen LogP contribution in [0.3, 0.4) is 0 Å². The molecule has 176 valence electrons. The van der Waals surface area contributed by atoms with Gasteiger partial charge in [-0.3, -0.25) is 14.2 Å². The van der Waals surface area contributed by atoms with Gasteiger partial charge >= 0.3 is 0 Å². The summed E-state index contributed by atoms with van der Waals surface area (Å²) in [5.41, 5.74) is 6.18. The van der Waals surface area contributed by atoms with Crippen molar-refractivity contribution in [2.45, 2.75) is 54.0 Å². The third-order valence-electron chi connectivity index (χ3n) is 6.29. The maximum Gasteiger partial charge on any atom is 0.255 e. The lowest BCUT2D eigenvalue weighted by Crippen LogP contribution is -2.27. The van der Waals surface area contributed by atoms with E-state index in [0.717, 1.165) is 39.1 Å². The summed E-state index contributed by atoms with van der Waals surface area (Å²) in [5, 5.41) is 8.44. The van der Waals surface area contributed by atoms with Crippen LogP contribution in [-0.4, -0.2) is 20.3 Å². The maximum absolute atomic E-state index is 13.6. The molecule has 2 aromatic carbocycles. The number of halogens is 1. The van der Waals surface area contributed by atoms with E-state index >= 15 is 0 Å². The zero-order chi connectivity index (χ0) is 24.6. The fourth-order valence-electron chi connectivity index (χ4n) is 4.41. The number of amides is 1. The van der Waals surface area contributed by atoms with E-state index in [2.05, 4.69) is 5.32 Å². The van der Waals surface area contributed by atoms with Crippen LogP contribution in [0, 0.1) is 33.5 Å². The maximum atomic E-state index is 13.6. The van der Waals surface area contributed by atoms with Gasteiger partial charge in [-0.25, -0.2) is 9.07 Å². The van der Waals surface area contributed by atoms with Crippen LogP contribution in [0.2, 0.25) is 0 Å². The van der Waals surface area contributed by atoms with Crippen molar-refractivity contribution in [3.05, 3.63) is 86.6 Å². The highest BCUT2D eigenvalue weighted by atomic mass is 19.1. The molecule has 34 heavy (non-hydrogen) atoms. The topological polar surface area (TPSA) is 68.9 Å². The SMILES string of the molecule is CCn1c(=O)c(CCC(=O)Nc2cc(F)ccc2C)c(C)c2c(C)nn(-c3ccc(C)cc3)c21. The predicted octanol–water partition coefficient (Wildman–Crippen LogP) is 5.15. The minimum atomic E-state index is -0.408. The summed E-state index contributed by atoms with van der Waals surface area (Å²) in [6, 6.07) is 12.3. The molecule has 0 saturated heterocycles. The number of carbonyl (C=O) groups is 1. The van der Waals surface area contributed by atoms with Crippen molar-refractivity contribution in [2.24, 2.45) is 0 Å². The molecule has 1 amide bonds. The van der Waals surface area contributed by atoms with Crippen LogP contribution in [0.25, 0.3) is 16.7 Å². The van der Waals surface area contributed by atoms with Gasteiger partial charge in [-0.2, -0.15) is 5.10 Å². The molecule has 0 fully saturated rings. The summed E-state index contributed by atoms with van der Waals surface area (Å²) in [6.07, 6.45) is 0.405. The van der Waals surface area contributed by atoms with Gasteiger partial charge in [0, 0.05) is 29.6 Å². The van der Waals surface area contributed by atoms with Gasteiger partial charge in [0.25, 0.3) is 5.56 Å². The van der Waals surface area contributed by atoms with E-state index < -0.39 is 5.82 Å². The third kappa shape index (κ3) is 4.25. The van der Waals surface area contributed by atoms with E-state index in [9.17, 15) is 14.0 Å². The Kier molecular flexibility index (Phi) is 6.37. The van der Waals surface area contributed by atoms with E-state index in [1.165, 1.54) is 12.1 Å². The number of aryl methyl sites for hydroxylation is 5. The van der Waals surface area contributed by atoms with E-state index in [-0.39, 0.29) is 24.3 Å².